The largest absolute Gasteiger partial charge is 0.352 e. The second-order valence-electron chi connectivity index (χ2n) is 12.9. The van der Waals surface area contributed by atoms with Gasteiger partial charge in [0.2, 0.25) is 0 Å². The second-order valence-corrected chi connectivity index (χ2v) is 12.9. The van der Waals surface area contributed by atoms with E-state index >= 15 is 0 Å². The number of benzene rings is 3. The van der Waals surface area contributed by atoms with Crippen LogP contribution in [0.3, 0.4) is 0 Å². The quantitative estimate of drug-likeness (QED) is 0.286. The number of hydrogen-bond donors (Lipinski definition) is 0. The number of fused-ring (bicyclic) bond motifs is 1. The molecule has 43 heavy (non-hydrogen) atoms. The Bertz CT molecular complexity index is 1250. The highest BCUT2D eigenvalue weighted by Gasteiger charge is 2.63. The smallest absolute Gasteiger partial charge is 0.190 e. The summed E-state index contributed by atoms with van der Waals surface area (Å²) in [6.45, 7) is 0.476. The molecular formula is C37H42O6. The van der Waals surface area contributed by atoms with Gasteiger partial charge in [-0.25, -0.2) is 0 Å². The van der Waals surface area contributed by atoms with Gasteiger partial charge >= 0.3 is 0 Å². The first-order valence-corrected chi connectivity index (χ1v) is 16.4. The molecule has 3 saturated heterocycles. The van der Waals surface area contributed by atoms with E-state index in [1.807, 2.05) is 0 Å². The highest BCUT2D eigenvalue weighted by Crippen LogP contribution is 2.51. The van der Waals surface area contributed by atoms with Gasteiger partial charge in [0.05, 0.1) is 6.61 Å². The van der Waals surface area contributed by atoms with Crippen LogP contribution in [0, 0.1) is 0 Å². The van der Waals surface area contributed by atoms with Crippen LogP contribution in [0.4, 0.5) is 0 Å². The third-order valence-corrected chi connectivity index (χ3v) is 10.2. The zero-order chi connectivity index (χ0) is 28.7. The molecule has 0 amide bonds. The summed E-state index contributed by atoms with van der Waals surface area (Å²) in [6.07, 6.45) is 8.45. The van der Waals surface area contributed by atoms with Gasteiger partial charge in [-0.2, -0.15) is 0 Å². The first-order chi connectivity index (χ1) is 21.2. The molecule has 3 aromatic rings. The molecular weight excluding hydrogens is 540 g/mol. The number of ether oxygens (including phenoxy) is 6. The van der Waals surface area contributed by atoms with Crippen LogP contribution in [0.2, 0.25) is 0 Å². The van der Waals surface area contributed by atoms with Crippen molar-refractivity contribution in [1.82, 2.24) is 0 Å². The zero-order valence-electron chi connectivity index (χ0n) is 24.8. The topological polar surface area (TPSA) is 55.4 Å². The minimum absolute atomic E-state index is 0.275. The average Bonchev–Trinajstić information content (AvgIpc) is 3.73. The Kier molecular flexibility index (Phi) is 7.41. The molecule has 2 spiro atoms. The first-order valence-electron chi connectivity index (χ1n) is 16.4. The van der Waals surface area contributed by atoms with Gasteiger partial charge in [0.1, 0.15) is 30.0 Å². The lowest BCUT2D eigenvalue weighted by Crippen LogP contribution is -2.50. The van der Waals surface area contributed by atoms with Crippen LogP contribution in [0.5, 0.6) is 0 Å². The van der Waals surface area contributed by atoms with Gasteiger partial charge in [-0.1, -0.05) is 104 Å². The van der Waals surface area contributed by atoms with Crippen molar-refractivity contribution in [3.05, 3.63) is 108 Å². The summed E-state index contributed by atoms with van der Waals surface area (Å²) in [4.78, 5) is 0. The van der Waals surface area contributed by atoms with Crippen LogP contribution in [0.1, 0.15) is 80.9 Å². The van der Waals surface area contributed by atoms with E-state index in [2.05, 4.69) is 91.0 Å². The molecule has 0 radical (unpaired) electrons. The lowest BCUT2D eigenvalue weighted by atomic mass is 9.79. The van der Waals surface area contributed by atoms with Gasteiger partial charge < -0.3 is 28.4 Å². The highest BCUT2D eigenvalue weighted by molar-refractivity contribution is 5.47. The lowest BCUT2D eigenvalue weighted by molar-refractivity contribution is -0.267. The molecule has 6 nitrogen and oxygen atoms in total. The number of rotatable bonds is 6. The van der Waals surface area contributed by atoms with Gasteiger partial charge in [-0.05, 0) is 42.4 Å². The fourth-order valence-corrected chi connectivity index (χ4v) is 8.14. The third kappa shape index (κ3) is 4.97. The van der Waals surface area contributed by atoms with Crippen molar-refractivity contribution in [2.24, 2.45) is 0 Å². The van der Waals surface area contributed by atoms with Gasteiger partial charge in [0, 0.05) is 25.7 Å². The Morgan fingerprint density at radius 2 is 1.07 bits per heavy atom. The molecule has 5 fully saturated rings. The highest BCUT2D eigenvalue weighted by atomic mass is 16.9. The average molecular weight is 583 g/mol. The summed E-state index contributed by atoms with van der Waals surface area (Å²) in [5.41, 5.74) is 2.23. The van der Waals surface area contributed by atoms with E-state index < -0.39 is 35.7 Å². The van der Waals surface area contributed by atoms with Crippen LogP contribution >= 0.6 is 0 Å². The molecule has 5 atom stereocenters. The maximum absolute atomic E-state index is 7.64. The van der Waals surface area contributed by atoms with E-state index in [1.54, 1.807) is 0 Å². The van der Waals surface area contributed by atoms with Crippen LogP contribution in [0.15, 0.2) is 91.0 Å². The predicted octanol–water partition coefficient (Wildman–Crippen LogP) is 7.24. The van der Waals surface area contributed by atoms with Crippen molar-refractivity contribution in [3.63, 3.8) is 0 Å². The molecule has 2 aliphatic carbocycles. The van der Waals surface area contributed by atoms with Crippen molar-refractivity contribution in [1.29, 1.82) is 0 Å². The fourth-order valence-electron chi connectivity index (χ4n) is 8.14. The van der Waals surface area contributed by atoms with Crippen molar-refractivity contribution >= 4 is 0 Å². The molecule has 0 unspecified atom stereocenters. The zero-order valence-corrected chi connectivity index (χ0v) is 24.8. The van der Waals surface area contributed by atoms with Crippen LogP contribution in [0.25, 0.3) is 0 Å². The third-order valence-electron chi connectivity index (χ3n) is 10.2. The Hall–Kier alpha value is -2.58. The molecule has 8 rings (SSSR count). The maximum atomic E-state index is 7.64. The van der Waals surface area contributed by atoms with Gasteiger partial charge in [-0.15, -0.1) is 0 Å². The molecule has 0 aromatic heterocycles. The molecule has 5 aliphatic rings. The summed E-state index contributed by atoms with van der Waals surface area (Å²) >= 11 is 0. The molecule has 3 heterocycles. The van der Waals surface area contributed by atoms with Crippen molar-refractivity contribution in [3.8, 4) is 0 Å². The van der Waals surface area contributed by atoms with E-state index in [4.69, 9.17) is 28.4 Å². The molecule has 0 N–H and O–H groups in total. The maximum Gasteiger partial charge on any atom is 0.190 e. The predicted molar refractivity (Wildman–Crippen MR) is 161 cm³/mol. The normalized spacial score (nSPS) is 31.4. The SMILES string of the molecule is c1ccc(C(O[C@@H]2[C@H]([C@@H]3COC4(CCCCC4)O3)O[C@@H]3OC4(CCCCC4)O[C@@H]32)(c2ccccc2)c2ccccc2)cc1. The Labute approximate surface area is 254 Å². The van der Waals surface area contributed by atoms with E-state index in [1.165, 1.54) is 12.8 Å². The summed E-state index contributed by atoms with van der Waals surface area (Å²) < 4.78 is 41.3. The monoisotopic (exact) mass is 582 g/mol. The van der Waals surface area contributed by atoms with E-state index in [0.29, 0.717) is 6.61 Å². The molecule has 3 aliphatic heterocycles. The second kappa shape index (κ2) is 11.4. The summed E-state index contributed by atoms with van der Waals surface area (Å²) in [7, 11) is 0. The summed E-state index contributed by atoms with van der Waals surface area (Å²) in [5.74, 6) is -1.12. The minimum Gasteiger partial charge on any atom is -0.352 e. The fraction of sp³-hybridized carbons (Fsp3) is 0.514. The van der Waals surface area contributed by atoms with Crippen molar-refractivity contribution in [2.45, 2.75) is 112 Å². The van der Waals surface area contributed by atoms with Crippen molar-refractivity contribution in [2.75, 3.05) is 6.61 Å². The summed E-state index contributed by atoms with van der Waals surface area (Å²) in [6, 6.07) is 31.6. The van der Waals surface area contributed by atoms with Gasteiger partial charge in [-0.3, -0.25) is 0 Å². The minimum atomic E-state index is -0.918. The molecule has 2 saturated carbocycles. The van der Waals surface area contributed by atoms with Crippen LogP contribution < -0.4 is 0 Å². The Balaban J connectivity index is 1.22. The number of hydrogen-bond acceptors (Lipinski definition) is 6. The molecule has 0 bridgehead atoms. The summed E-state index contributed by atoms with van der Waals surface area (Å²) in [5, 5.41) is 0. The van der Waals surface area contributed by atoms with E-state index in [9.17, 15) is 0 Å². The molecule has 3 aromatic carbocycles. The molecule has 226 valence electrons. The first kappa shape index (κ1) is 27.9. The lowest BCUT2D eigenvalue weighted by Gasteiger charge is -2.41. The van der Waals surface area contributed by atoms with Gasteiger partial charge in [0.15, 0.2) is 17.9 Å². The van der Waals surface area contributed by atoms with E-state index in [0.717, 1.165) is 68.1 Å². The Morgan fingerprint density at radius 1 is 0.558 bits per heavy atom. The standard InChI is InChI=1S/C37H42O6/c1-6-16-27(17-7-1)37(28-18-8-2-9-19-28,29-20-10-3-11-21-29)42-32-31(30-26-38-35(40-30)22-12-4-13-23-35)39-34-33(32)41-36(43-34)24-14-5-15-25-36/h1-3,6-11,16-21,30-34H,4-5,12-15,22-26H2/t30-,31-,32+,33+,34+/m0/s1. The van der Waals surface area contributed by atoms with Gasteiger partial charge in [0.25, 0.3) is 0 Å². The van der Waals surface area contributed by atoms with E-state index in [-0.39, 0.29) is 12.2 Å². The van der Waals surface area contributed by atoms with Crippen LogP contribution in [-0.4, -0.2) is 48.9 Å². The molecule has 6 heteroatoms. The Morgan fingerprint density at radius 3 is 1.60 bits per heavy atom. The van der Waals surface area contributed by atoms with Crippen LogP contribution in [-0.2, 0) is 34.0 Å². The van der Waals surface area contributed by atoms with Crippen molar-refractivity contribution < 1.29 is 28.4 Å².